The molecule has 0 saturated carbocycles. The van der Waals surface area contributed by atoms with E-state index in [2.05, 4.69) is 0 Å². The quantitative estimate of drug-likeness (QED) is 0.679. The van der Waals surface area contributed by atoms with E-state index in [-0.39, 0.29) is 5.57 Å². The van der Waals surface area contributed by atoms with Gasteiger partial charge in [-0.3, -0.25) is 0 Å². The Balaban J connectivity index is 2.45. The number of nitrogens with zero attached hydrogens (tertiary/aromatic N) is 1. The molecule has 0 fully saturated rings. The van der Waals surface area contributed by atoms with Crippen LogP contribution in [0.1, 0.15) is 11.1 Å². The normalized spacial score (nSPS) is 11.1. The number of benzene rings is 2. The molecule has 1 N–H and O–H groups in total. The largest absolute Gasteiger partial charge is 0.496 e. The summed E-state index contributed by atoms with van der Waals surface area (Å²) in [5, 5.41) is 9.52. The van der Waals surface area contributed by atoms with Gasteiger partial charge < -0.3 is 14.7 Å². The van der Waals surface area contributed by atoms with E-state index in [0.29, 0.717) is 11.3 Å². The maximum Gasteiger partial charge on any atom is 0.336 e. The maximum atomic E-state index is 11.6. The van der Waals surface area contributed by atoms with E-state index in [9.17, 15) is 9.90 Å². The lowest BCUT2D eigenvalue weighted by Gasteiger charge is -2.12. The number of carbonyl (C=O) groups is 1. The van der Waals surface area contributed by atoms with Crippen molar-refractivity contribution >= 4 is 23.3 Å². The first-order valence-electron chi connectivity index (χ1n) is 6.88. The van der Waals surface area contributed by atoms with Crippen molar-refractivity contribution in [2.45, 2.75) is 0 Å². The van der Waals surface area contributed by atoms with Gasteiger partial charge in [0.1, 0.15) is 5.75 Å². The average molecular weight is 297 g/mol. The molecule has 2 rings (SSSR count). The van der Waals surface area contributed by atoms with Crippen molar-refractivity contribution in [1.82, 2.24) is 0 Å². The van der Waals surface area contributed by atoms with Crippen LogP contribution in [-0.4, -0.2) is 32.3 Å². The zero-order valence-corrected chi connectivity index (χ0v) is 12.9. The highest BCUT2D eigenvalue weighted by Gasteiger charge is 2.14. The second-order valence-electron chi connectivity index (χ2n) is 5.05. The molecular formula is C18H19NO3. The molecule has 4 nitrogen and oxygen atoms in total. The molecule has 4 heteroatoms. The van der Waals surface area contributed by atoms with Crippen LogP contribution in [0.3, 0.4) is 0 Å². The van der Waals surface area contributed by atoms with Gasteiger partial charge in [0.15, 0.2) is 0 Å². The Hall–Kier alpha value is -2.75. The highest BCUT2D eigenvalue weighted by molar-refractivity contribution is 6.21. The Morgan fingerprint density at radius 3 is 2.27 bits per heavy atom. The summed E-state index contributed by atoms with van der Waals surface area (Å²) >= 11 is 0. The molecule has 0 aromatic heterocycles. The molecule has 0 saturated heterocycles. The first-order chi connectivity index (χ1) is 10.5. The minimum atomic E-state index is -0.985. The van der Waals surface area contributed by atoms with Gasteiger partial charge in [0.2, 0.25) is 0 Å². The van der Waals surface area contributed by atoms with Gasteiger partial charge in [-0.1, -0.05) is 30.3 Å². The second kappa shape index (κ2) is 6.80. The lowest BCUT2D eigenvalue weighted by Crippen LogP contribution is -2.08. The topological polar surface area (TPSA) is 49.8 Å². The SMILES string of the molecule is COc1ccccc1/C(=C\c1ccc(N(C)C)cc1)C(=O)O. The standard InChI is InChI=1S/C18H19NO3/c1-19(2)14-10-8-13(9-11-14)12-16(18(20)21)15-6-4-5-7-17(15)22-3/h4-12H,1-3H3,(H,20,21)/b16-12+. The first-order valence-corrected chi connectivity index (χ1v) is 6.88. The summed E-state index contributed by atoms with van der Waals surface area (Å²) in [6.45, 7) is 0. The predicted molar refractivity (Wildman–Crippen MR) is 89.3 cm³/mol. The molecule has 2 aromatic carbocycles. The number of para-hydroxylation sites is 1. The number of hydrogen-bond donors (Lipinski definition) is 1. The van der Waals surface area contributed by atoms with Crippen LogP contribution in [0, 0.1) is 0 Å². The molecule has 0 amide bonds. The maximum absolute atomic E-state index is 11.6. The van der Waals surface area contributed by atoms with Gasteiger partial charge in [0.05, 0.1) is 12.7 Å². The number of rotatable bonds is 5. The van der Waals surface area contributed by atoms with Gasteiger partial charge in [0.25, 0.3) is 0 Å². The fraction of sp³-hybridized carbons (Fsp3) is 0.167. The van der Waals surface area contributed by atoms with E-state index < -0.39 is 5.97 Å². The number of carboxylic acid groups (broad SMARTS) is 1. The van der Waals surface area contributed by atoms with Gasteiger partial charge in [-0.2, -0.15) is 0 Å². The first kappa shape index (κ1) is 15.6. The summed E-state index contributed by atoms with van der Waals surface area (Å²) in [6.07, 6.45) is 1.65. The zero-order valence-electron chi connectivity index (χ0n) is 12.9. The van der Waals surface area contributed by atoms with Gasteiger partial charge >= 0.3 is 5.97 Å². The van der Waals surface area contributed by atoms with E-state index in [4.69, 9.17) is 4.74 Å². The molecule has 0 radical (unpaired) electrons. The van der Waals surface area contributed by atoms with Crippen molar-refractivity contribution in [1.29, 1.82) is 0 Å². The lowest BCUT2D eigenvalue weighted by molar-refractivity contribution is -0.130. The Kier molecular flexibility index (Phi) is 4.84. The third kappa shape index (κ3) is 3.47. The number of aliphatic carboxylic acids is 1. The van der Waals surface area contributed by atoms with E-state index in [1.54, 1.807) is 24.3 Å². The monoisotopic (exact) mass is 297 g/mol. The summed E-state index contributed by atoms with van der Waals surface area (Å²) in [4.78, 5) is 13.6. The molecular weight excluding hydrogens is 278 g/mol. The van der Waals surface area contributed by atoms with Gasteiger partial charge in [0, 0.05) is 25.3 Å². The summed E-state index contributed by atoms with van der Waals surface area (Å²) in [7, 11) is 5.45. The average Bonchev–Trinajstić information content (AvgIpc) is 2.52. The summed E-state index contributed by atoms with van der Waals surface area (Å²) in [6, 6.07) is 14.8. The highest BCUT2D eigenvalue weighted by Crippen LogP contribution is 2.28. The molecule has 0 bridgehead atoms. The van der Waals surface area contributed by atoms with Crippen LogP contribution < -0.4 is 9.64 Å². The van der Waals surface area contributed by atoms with Crippen molar-refractivity contribution in [2.75, 3.05) is 26.1 Å². The van der Waals surface area contributed by atoms with Crippen molar-refractivity contribution in [3.8, 4) is 5.75 Å². The molecule has 22 heavy (non-hydrogen) atoms. The van der Waals surface area contributed by atoms with Crippen LogP contribution in [0.2, 0.25) is 0 Å². The Morgan fingerprint density at radius 1 is 1.09 bits per heavy atom. The molecule has 2 aromatic rings. The van der Waals surface area contributed by atoms with Crippen LogP contribution in [0.5, 0.6) is 5.75 Å². The van der Waals surface area contributed by atoms with Crippen LogP contribution in [0.4, 0.5) is 5.69 Å². The van der Waals surface area contributed by atoms with E-state index in [1.807, 2.05) is 49.3 Å². The van der Waals surface area contributed by atoms with Gasteiger partial charge in [-0.25, -0.2) is 4.79 Å². The van der Waals surface area contributed by atoms with Crippen LogP contribution >= 0.6 is 0 Å². The summed E-state index contributed by atoms with van der Waals surface area (Å²) < 4.78 is 5.25. The Labute approximate surface area is 130 Å². The van der Waals surface area contributed by atoms with E-state index in [0.717, 1.165) is 11.3 Å². The molecule has 0 aliphatic heterocycles. The van der Waals surface area contributed by atoms with E-state index in [1.165, 1.54) is 7.11 Å². The summed E-state index contributed by atoms with van der Waals surface area (Å²) in [5.74, 6) is -0.442. The van der Waals surface area contributed by atoms with Crippen LogP contribution in [0.25, 0.3) is 11.6 Å². The van der Waals surface area contributed by atoms with Crippen LogP contribution in [0.15, 0.2) is 48.5 Å². The second-order valence-corrected chi connectivity index (χ2v) is 5.05. The zero-order chi connectivity index (χ0) is 16.1. The number of ether oxygens (including phenoxy) is 1. The third-order valence-electron chi connectivity index (χ3n) is 3.35. The fourth-order valence-corrected chi connectivity index (χ4v) is 2.16. The smallest absolute Gasteiger partial charge is 0.336 e. The number of methoxy groups -OCH3 is 1. The van der Waals surface area contributed by atoms with Crippen molar-refractivity contribution < 1.29 is 14.6 Å². The number of anilines is 1. The minimum absolute atomic E-state index is 0.204. The Bertz CT molecular complexity index is 688. The molecule has 0 spiro atoms. The molecule has 114 valence electrons. The molecule has 0 atom stereocenters. The number of carboxylic acids is 1. The summed E-state index contributed by atoms with van der Waals surface area (Å²) in [5.41, 5.74) is 2.66. The predicted octanol–water partition coefficient (Wildman–Crippen LogP) is 3.39. The Morgan fingerprint density at radius 2 is 1.73 bits per heavy atom. The molecule has 0 unspecified atom stereocenters. The third-order valence-corrected chi connectivity index (χ3v) is 3.35. The molecule has 0 aliphatic carbocycles. The number of hydrogen-bond acceptors (Lipinski definition) is 3. The highest BCUT2D eigenvalue weighted by atomic mass is 16.5. The van der Waals surface area contributed by atoms with Crippen molar-refractivity contribution in [2.24, 2.45) is 0 Å². The minimum Gasteiger partial charge on any atom is -0.496 e. The molecule has 0 aliphatic rings. The van der Waals surface area contributed by atoms with Crippen LogP contribution in [-0.2, 0) is 4.79 Å². The van der Waals surface area contributed by atoms with Gasteiger partial charge in [-0.15, -0.1) is 0 Å². The van der Waals surface area contributed by atoms with Gasteiger partial charge in [-0.05, 0) is 29.8 Å². The lowest BCUT2D eigenvalue weighted by atomic mass is 10.0. The van der Waals surface area contributed by atoms with E-state index >= 15 is 0 Å². The van der Waals surface area contributed by atoms with Crippen molar-refractivity contribution in [3.63, 3.8) is 0 Å². The molecule has 0 heterocycles. The fourth-order valence-electron chi connectivity index (χ4n) is 2.16. The van der Waals surface area contributed by atoms with Crippen molar-refractivity contribution in [3.05, 3.63) is 59.7 Å².